The van der Waals surface area contributed by atoms with Gasteiger partial charge in [0.1, 0.15) is 11.5 Å². The summed E-state index contributed by atoms with van der Waals surface area (Å²) < 4.78 is 5.24. The van der Waals surface area contributed by atoms with E-state index in [1.165, 1.54) is 11.1 Å². The Hall–Kier alpha value is -2.14. The Morgan fingerprint density at radius 1 is 1.24 bits per heavy atom. The first-order valence-corrected chi connectivity index (χ1v) is 9.22. The zero-order valence-corrected chi connectivity index (χ0v) is 14.8. The smallest absolute Gasteiger partial charge is 0.237 e. The molecule has 1 atom stereocenters. The van der Waals surface area contributed by atoms with E-state index >= 15 is 0 Å². The summed E-state index contributed by atoms with van der Waals surface area (Å²) in [7, 11) is 0. The fourth-order valence-electron chi connectivity index (χ4n) is 4.05. The summed E-state index contributed by atoms with van der Waals surface area (Å²) in [6.07, 6.45) is 4.20. The van der Waals surface area contributed by atoms with Crippen molar-refractivity contribution in [2.24, 2.45) is 0 Å². The van der Waals surface area contributed by atoms with Crippen molar-refractivity contribution in [3.8, 4) is 0 Å². The number of nitrogens with zero attached hydrogens (tertiary/aromatic N) is 3. The summed E-state index contributed by atoms with van der Waals surface area (Å²) in [5, 5.41) is 4.17. The third-order valence-electron chi connectivity index (χ3n) is 5.38. The van der Waals surface area contributed by atoms with Crippen LogP contribution in [0.3, 0.4) is 0 Å². The van der Waals surface area contributed by atoms with Crippen molar-refractivity contribution >= 4 is 5.91 Å². The Bertz CT molecular complexity index is 755. The number of amides is 1. The van der Waals surface area contributed by atoms with Crippen molar-refractivity contribution in [1.82, 2.24) is 15.0 Å². The fraction of sp³-hybridized carbons (Fsp3) is 0.500. The lowest BCUT2D eigenvalue weighted by atomic mass is 9.98. The standard InChI is InChI=1S/C20H25N3O2/c1-15-12-18(21-25-15)19-8-4-5-10-23(19)20(24)14-22-11-9-16-6-2-3-7-17(16)13-22/h2-3,6-7,12,19H,4-5,8-11,13-14H2,1H3/t19-/m1/s1. The van der Waals surface area contributed by atoms with Crippen molar-refractivity contribution in [1.29, 1.82) is 0 Å². The highest BCUT2D eigenvalue weighted by Crippen LogP contribution is 2.31. The van der Waals surface area contributed by atoms with Crippen molar-refractivity contribution in [3.05, 3.63) is 52.9 Å². The van der Waals surface area contributed by atoms with Crippen LogP contribution in [0, 0.1) is 6.92 Å². The molecule has 1 fully saturated rings. The highest BCUT2D eigenvalue weighted by atomic mass is 16.5. The van der Waals surface area contributed by atoms with E-state index in [2.05, 4.69) is 34.3 Å². The first-order chi connectivity index (χ1) is 12.2. The number of likely N-dealkylation sites (tertiary alicyclic amines) is 1. The van der Waals surface area contributed by atoms with Crippen LogP contribution in [0.2, 0.25) is 0 Å². The van der Waals surface area contributed by atoms with Gasteiger partial charge in [0.15, 0.2) is 0 Å². The maximum Gasteiger partial charge on any atom is 0.237 e. The third kappa shape index (κ3) is 3.47. The van der Waals surface area contributed by atoms with Gasteiger partial charge in [-0.15, -0.1) is 0 Å². The van der Waals surface area contributed by atoms with Gasteiger partial charge < -0.3 is 9.42 Å². The zero-order valence-electron chi connectivity index (χ0n) is 14.8. The number of aromatic nitrogens is 1. The zero-order chi connectivity index (χ0) is 17.2. The largest absolute Gasteiger partial charge is 0.361 e. The van der Waals surface area contributed by atoms with Gasteiger partial charge in [-0.2, -0.15) is 0 Å². The van der Waals surface area contributed by atoms with E-state index in [0.717, 1.165) is 56.8 Å². The molecule has 2 aromatic rings. The molecule has 1 saturated heterocycles. The lowest BCUT2D eigenvalue weighted by Gasteiger charge is -2.37. The second-order valence-corrected chi connectivity index (χ2v) is 7.19. The average molecular weight is 339 g/mol. The summed E-state index contributed by atoms with van der Waals surface area (Å²) in [5.74, 6) is 1.02. The molecule has 25 heavy (non-hydrogen) atoms. The molecule has 132 valence electrons. The normalized spacial score (nSPS) is 21.2. The van der Waals surface area contributed by atoms with E-state index in [-0.39, 0.29) is 11.9 Å². The predicted octanol–water partition coefficient (Wildman–Crippen LogP) is 3.09. The van der Waals surface area contributed by atoms with E-state index in [0.29, 0.717) is 6.54 Å². The van der Waals surface area contributed by atoms with Crippen LogP contribution in [0.4, 0.5) is 0 Å². The van der Waals surface area contributed by atoms with Crippen molar-refractivity contribution in [2.45, 2.75) is 45.2 Å². The Morgan fingerprint density at radius 3 is 2.88 bits per heavy atom. The van der Waals surface area contributed by atoms with Gasteiger partial charge in [0, 0.05) is 25.7 Å². The van der Waals surface area contributed by atoms with Crippen LogP contribution in [0.5, 0.6) is 0 Å². The van der Waals surface area contributed by atoms with Crippen LogP contribution in [0.25, 0.3) is 0 Å². The van der Waals surface area contributed by atoms with Crippen LogP contribution in [-0.2, 0) is 17.8 Å². The van der Waals surface area contributed by atoms with Gasteiger partial charge in [0.2, 0.25) is 5.91 Å². The monoisotopic (exact) mass is 339 g/mol. The molecule has 0 bridgehead atoms. The Balaban J connectivity index is 1.44. The lowest BCUT2D eigenvalue weighted by Crippen LogP contribution is -2.45. The number of rotatable bonds is 3. The van der Waals surface area contributed by atoms with Crippen molar-refractivity contribution < 1.29 is 9.32 Å². The van der Waals surface area contributed by atoms with Gasteiger partial charge in [0.05, 0.1) is 12.6 Å². The van der Waals surface area contributed by atoms with Crippen LogP contribution >= 0.6 is 0 Å². The minimum atomic E-state index is 0.0655. The minimum absolute atomic E-state index is 0.0655. The lowest BCUT2D eigenvalue weighted by molar-refractivity contribution is -0.136. The number of benzene rings is 1. The molecule has 1 aromatic heterocycles. The number of hydrogen-bond donors (Lipinski definition) is 0. The van der Waals surface area contributed by atoms with Crippen LogP contribution in [-0.4, -0.2) is 40.5 Å². The Labute approximate surface area is 148 Å². The molecular weight excluding hydrogens is 314 g/mol. The Kier molecular flexibility index (Phi) is 4.57. The van der Waals surface area contributed by atoms with Crippen molar-refractivity contribution in [3.63, 3.8) is 0 Å². The van der Waals surface area contributed by atoms with E-state index in [1.807, 2.05) is 17.9 Å². The van der Waals surface area contributed by atoms with Crippen LogP contribution in [0.1, 0.15) is 47.9 Å². The van der Waals surface area contributed by atoms with Gasteiger partial charge in [-0.1, -0.05) is 29.4 Å². The van der Waals surface area contributed by atoms with Gasteiger partial charge >= 0.3 is 0 Å². The molecule has 5 nitrogen and oxygen atoms in total. The summed E-state index contributed by atoms with van der Waals surface area (Å²) in [6, 6.07) is 10.6. The van der Waals surface area contributed by atoms with Gasteiger partial charge in [-0.25, -0.2) is 0 Å². The van der Waals surface area contributed by atoms with E-state index in [4.69, 9.17) is 4.52 Å². The Morgan fingerprint density at radius 2 is 2.08 bits per heavy atom. The molecule has 2 aliphatic heterocycles. The molecule has 4 rings (SSSR count). The summed E-state index contributed by atoms with van der Waals surface area (Å²) in [5.41, 5.74) is 3.67. The van der Waals surface area contributed by atoms with Gasteiger partial charge in [-0.05, 0) is 43.7 Å². The quantitative estimate of drug-likeness (QED) is 0.862. The molecule has 5 heteroatoms. The molecular formula is C20H25N3O2. The highest BCUT2D eigenvalue weighted by Gasteiger charge is 2.31. The summed E-state index contributed by atoms with van der Waals surface area (Å²) >= 11 is 0. The molecule has 0 radical (unpaired) electrons. The number of hydrogen-bond acceptors (Lipinski definition) is 4. The number of carbonyl (C=O) groups is 1. The molecule has 3 heterocycles. The van der Waals surface area contributed by atoms with Gasteiger partial charge in [0.25, 0.3) is 0 Å². The van der Waals surface area contributed by atoms with E-state index in [1.54, 1.807) is 0 Å². The molecule has 2 aliphatic rings. The number of carbonyl (C=O) groups excluding carboxylic acids is 1. The first kappa shape index (κ1) is 16.3. The molecule has 0 saturated carbocycles. The molecule has 0 N–H and O–H groups in total. The van der Waals surface area contributed by atoms with Crippen molar-refractivity contribution in [2.75, 3.05) is 19.6 Å². The molecule has 0 aliphatic carbocycles. The molecule has 0 unspecified atom stereocenters. The maximum absolute atomic E-state index is 13.0. The molecule has 1 aromatic carbocycles. The second-order valence-electron chi connectivity index (χ2n) is 7.19. The SMILES string of the molecule is Cc1cc([C@H]2CCCCN2C(=O)CN2CCc3ccccc3C2)no1. The minimum Gasteiger partial charge on any atom is -0.361 e. The third-order valence-corrected chi connectivity index (χ3v) is 5.38. The van der Waals surface area contributed by atoms with E-state index < -0.39 is 0 Å². The van der Waals surface area contributed by atoms with Crippen LogP contribution < -0.4 is 0 Å². The molecule has 0 spiro atoms. The second kappa shape index (κ2) is 7.00. The van der Waals surface area contributed by atoms with E-state index in [9.17, 15) is 4.79 Å². The first-order valence-electron chi connectivity index (χ1n) is 9.22. The number of fused-ring (bicyclic) bond motifs is 1. The topological polar surface area (TPSA) is 49.6 Å². The number of piperidine rings is 1. The summed E-state index contributed by atoms with van der Waals surface area (Å²) in [6.45, 7) is 5.02. The average Bonchev–Trinajstić information content (AvgIpc) is 3.08. The fourth-order valence-corrected chi connectivity index (χ4v) is 4.05. The van der Waals surface area contributed by atoms with Crippen LogP contribution in [0.15, 0.2) is 34.9 Å². The summed E-state index contributed by atoms with van der Waals surface area (Å²) in [4.78, 5) is 17.3. The maximum atomic E-state index is 13.0. The van der Waals surface area contributed by atoms with Gasteiger partial charge in [-0.3, -0.25) is 9.69 Å². The molecule has 1 amide bonds. The highest BCUT2D eigenvalue weighted by molar-refractivity contribution is 5.79. The number of aryl methyl sites for hydroxylation is 1. The predicted molar refractivity (Wildman–Crippen MR) is 95.0 cm³/mol.